The fourth-order valence-corrected chi connectivity index (χ4v) is 3.53. The average molecular weight is 298 g/mol. The lowest BCUT2D eigenvalue weighted by atomic mass is 10.3. The Balaban J connectivity index is 2.89. The van der Waals surface area contributed by atoms with Crippen LogP contribution in [-0.4, -0.2) is 18.2 Å². The SMILES string of the molecule is CCOP(=O)(Cc1cc(Cl)nc(Cl)c1)OCC. The van der Waals surface area contributed by atoms with Crippen LogP contribution in [-0.2, 0) is 19.8 Å². The molecule has 4 nitrogen and oxygen atoms in total. The number of pyridine rings is 1. The minimum absolute atomic E-state index is 0.136. The topological polar surface area (TPSA) is 48.4 Å². The van der Waals surface area contributed by atoms with Gasteiger partial charge in [-0.2, -0.15) is 0 Å². The second-order valence-corrected chi connectivity index (χ2v) is 6.05. The van der Waals surface area contributed by atoms with Gasteiger partial charge in [0.15, 0.2) is 0 Å². The van der Waals surface area contributed by atoms with Crippen LogP contribution in [0.2, 0.25) is 10.3 Å². The van der Waals surface area contributed by atoms with E-state index < -0.39 is 7.60 Å². The van der Waals surface area contributed by atoms with Gasteiger partial charge in [-0.05, 0) is 31.5 Å². The van der Waals surface area contributed by atoms with Gasteiger partial charge in [0.1, 0.15) is 10.3 Å². The predicted octanol–water partition coefficient (Wildman–Crippen LogP) is 4.15. The molecule has 0 unspecified atom stereocenters. The quantitative estimate of drug-likeness (QED) is 0.584. The van der Waals surface area contributed by atoms with Crippen molar-refractivity contribution < 1.29 is 13.6 Å². The summed E-state index contributed by atoms with van der Waals surface area (Å²) in [5.41, 5.74) is 0.681. The largest absolute Gasteiger partial charge is 0.335 e. The summed E-state index contributed by atoms with van der Waals surface area (Å²) in [4.78, 5) is 3.82. The Morgan fingerprint density at radius 3 is 2.06 bits per heavy atom. The molecule has 0 amide bonds. The van der Waals surface area contributed by atoms with Crippen LogP contribution in [0.1, 0.15) is 19.4 Å². The first kappa shape index (κ1) is 14.9. The molecule has 0 fully saturated rings. The predicted molar refractivity (Wildman–Crippen MR) is 68.8 cm³/mol. The smallest absolute Gasteiger partial charge is 0.309 e. The first-order valence-electron chi connectivity index (χ1n) is 5.19. The highest BCUT2D eigenvalue weighted by Crippen LogP contribution is 2.51. The van der Waals surface area contributed by atoms with Crippen LogP contribution in [0.5, 0.6) is 0 Å². The van der Waals surface area contributed by atoms with Gasteiger partial charge in [-0.3, -0.25) is 4.57 Å². The van der Waals surface area contributed by atoms with Gasteiger partial charge in [0, 0.05) is 0 Å². The molecule has 0 radical (unpaired) electrons. The molecule has 96 valence electrons. The lowest BCUT2D eigenvalue weighted by Crippen LogP contribution is -1.99. The molecule has 0 aliphatic rings. The van der Waals surface area contributed by atoms with E-state index in [9.17, 15) is 4.57 Å². The van der Waals surface area contributed by atoms with Crippen molar-refractivity contribution in [3.05, 3.63) is 28.0 Å². The van der Waals surface area contributed by atoms with Crippen molar-refractivity contribution in [1.82, 2.24) is 4.98 Å². The molecule has 0 aliphatic heterocycles. The standard InChI is InChI=1S/C10H14Cl2NO3P/c1-3-15-17(14,16-4-2)7-8-5-9(11)13-10(12)6-8/h5-6H,3-4,7H2,1-2H3. The third kappa shape index (κ3) is 4.94. The highest BCUT2D eigenvalue weighted by Gasteiger charge is 2.24. The maximum atomic E-state index is 12.3. The Hall–Kier alpha value is -0.120. The molecule has 0 atom stereocenters. The van der Waals surface area contributed by atoms with E-state index in [2.05, 4.69) is 4.98 Å². The zero-order valence-electron chi connectivity index (χ0n) is 9.65. The van der Waals surface area contributed by atoms with Gasteiger partial charge >= 0.3 is 7.60 Å². The molecule has 0 aliphatic carbocycles. The van der Waals surface area contributed by atoms with Gasteiger partial charge in [0.05, 0.1) is 19.4 Å². The van der Waals surface area contributed by atoms with E-state index in [1.165, 1.54) is 0 Å². The number of rotatable bonds is 6. The summed E-state index contributed by atoms with van der Waals surface area (Å²) in [5, 5.41) is 0.513. The van der Waals surface area contributed by atoms with Crippen molar-refractivity contribution in [2.45, 2.75) is 20.0 Å². The minimum Gasteiger partial charge on any atom is -0.309 e. The molecule has 0 saturated carbocycles. The monoisotopic (exact) mass is 297 g/mol. The van der Waals surface area contributed by atoms with Crippen molar-refractivity contribution in [3.8, 4) is 0 Å². The summed E-state index contributed by atoms with van der Waals surface area (Å²) in [7, 11) is -3.13. The van der Waals surface area contributed by atoms with Gasteiger partial charge < -0.3 is 9.05 Å². The summed E-state index contributed by atoms with van der Waals surface area (Å²) >= 11 is 11.5. The van der Waals surface area contributed by atoms with E-state index >= 15 is 0 Å². The molecule has 0 spiro atoms. The van der Waals surface area contributed by atoms with E-state index in [-0.39, 0.29) is 16.5 Å². The molecule has 0 aromatic carbocycles. The Labute approximate surface area is 111 Å². The average Bonchev–Trinajstić information content (AvgIpc) is 2.15. The van der Waals surface area contributed by atoms with Gasteiger partial charge in [-0.1, -0.05) is 23.2 Å². The van der Waals surface area contributed by atoms with Crippen molar-refractivity contribution >= 4 is 30.8 Å². The number of halogens is 2. The van der Waals surface area contributed by atoms with E-state index in [0.717, 1.165) is 0 Å². The Kier molecular flexibility index (Phi) is 5.90. The van der Waals surface area contributed by atoms with Gasteiger partial charge in [-0.25, -0.2) is 4.98 Å². The lowest BCUT2D eigenvalue weighted by Gasteiger charge is -2.17. The van der Waals surface area contributed by atoms with E-state index in [4.69, 9.17) is 32.2 Å². The summed E-state index contributed by atoms with van der Waals surface area (Å²) in [6.45, 7) is 4.17. The second-order valence-electron chi connectivity index (χ2n) is 3.23. The van der Waals surface area contributed by atoms with Crippen LogP contribution >= 0.6 is 30.8 Å². The molecule has 7 heteroatoms. The Morgan fingerprint density at radius 2 is 1.65 bits per heavy atom. The van der Waals surface area contributed by atoms with Crippen LogP contribution in [0.25, 0.3) is 0 Å². The first-order valence-corrected chi connectivity index (χ1v) is 7.67. The molecule has 1 rings (SSSR count). The lowest BCUT2D eigenvalue weighted by molar-refractivity contribution is 0.219. The summed E-state index contributed by atoms with van der Waals surface area (Å²) in [6, 6.07) is 3.19. The molecule has 1 aromatic rings. The summed E-state index contributed by atoms with van der Waals surface area (Å²) in [5.74, 6) is 0. The first-order chi connectivity index (χ1) is 7.99. The zero-order chi connectivity index (χ0) is 12.9. The Morgan fingerprint density at radius 1 is 1.18 bits per heavy atom. The van der Waals surface area contributed by atoms with Crippen LogP contribution in [0, 0.1) is 0 Å². The van der Waals surface area contributed by atoms with Gasteiger partial charge in [0.25, 0.3) is 0 Å². The molecular formula is C10H14Cl2NO3P. The third-order valence-electron chi connectivity index (χ3n) is 1.85. The maximum Gasteiger partial charge on any atom is 0.335 e. The summed E-state index contributed by atoms with van der Waals surface area (Å²) < 4.78 is 22.6. The van der Waals surface area contributed by atoms with Crippen LogP contribution < -0.4 is 0 Å². The highest BCUT2D eigenvalue weighted by atomic mass is 35.5. The van der Waals surface area contributed by atoms with E-state index in [0.29, 0.717) is 18.8 Å². The number of nitrogens with zero attached hydrogens (tertiary/aromatic N) is 1. The fourth-order valence-electron chi connectivity index (χ4n) is 1.35. The zero-order valence-corrected chi connectivity index (χ0v) is 12.1. The fraction of sp³-hybridized carbons (Fsp3) is 0.500. The van der Waals surface area contributed by atoms with Crippen molar-refractivity contribution in [1.29, 1.82) is 0 Å². The van der Waals surface area contributed by atoms with Crippen molar-refractivity contribution in [2.24, 2.45) is 0 Å². The van der Waals surface area contributed by atoms with Crippen LogP contribution in [0.4, 0.5) is 0 Å². The number of hydrogen-bond donors (Lipinski definition) is 0. The van der Waals surface area contributed by atoms with Gasteiger partial charge in [0.2, 0.25) is 0 Å². The van der Waals surface area contributed by atoms with Crippen molar-refractivity contribution in [2.75, 3.05) is 13.2 Å². The maximum absolute atomic E-state index is 12.3. The molecule has 17 heavy (non-hydrogen) atoms. The van der Waals surface area contributed by atoms with E-state index in [1.807, 2.05) is 0 Å². The number of hydrogen-bond acceptors (Lipinski definition) is 4. The summed E-state index contributed by atoms with van der Waals surface area (Å²) in [6.07, 6.45) is 0.136. The Bertz CT molecular complexity index is 398. The normalized spacial score (nSPS) is 11.8. The third-order valence-corrected chi connectivity index (χ3v) is 4.29. The van der Waals surface area contributed by atoms with Gasteiger partial charge in [-0.15, -0.1) is 0 Å². The highest BCUT2D eigenvalue weighted by molar-refractivity contribution is 7.53. The van der Waals surface area contributed by atoms with Crippen LogP contribution in [0.3, 0.4) is 0 Å². The molecule has 0 N–H and O–H groups in total. The molecule has 1 heterocycles. The van der Waals surface area contributed by atoms with Crippen LogP contribution in [0.15, 0.2) is 12.1 Å². The molecule has 0 bridgehead atoms. The molecule has 0 saturated heterocycles. The van der Waals surface area contributed by atoms with E-state index in [1.54, 1.807) is 26.0 Å². The molecular weight excluding hydrogens is 284 g/mol. The van der Waals surface area contributed by atoms with Crippen molar-refractivity contribution in [3.63, 3.8) is 0 Å². The molecule has 1 aromatic heterocycles. The number of aromatic nitrogens is 1. The minimum atomic E-state index is -3.13. The second kappa shape index (κ2) is 6.72.